The van der Waals surface area contributed by atoms with Crippen molar-refractivity contribution < 1.29 is 54.9 Å². The summed E-state index contributed by atoms with van der Waals surface area (Å²) in [5, 5.41) is 9.08. The molecule has 2 aliphatic heterocycles. The first-order valence-corrected chi connectivity index (χ1v) is 18.3. The standard InChI is InChI=1S/C40H44F7N3O5/c1-48(15-4-5-19-51)35(52)24-54-34-22-27-6-2-3-7-33(27)37(34)12-16-49(17-13-37)18-14-38(29-8-10-32(41)11-9-29)25-50(26-55-38)36(53)28-20-30(39(42,43)44)23-31(21-28)40(45,46)47/h2-3,6-11,20-21,23,34,51H,4-5,12-19,22,24-26H2,1H3/t34-,38-/m0/s1. The summed E-state index contributed by atoms with van der Waals surface area (Å²) >= 11 is 0. The maximum Gasteiger partial charge on any atom is 0.416 e. The van der Waals surface area contributed by atoms with Crippen molar-refractivity contribution in [3.05, 3.63) is 106 Å². The van der Waals surface area contributed by atoms with Crippen LogP contribution in [0.1, 0.15) is 70.3 Å². The van der Waals surface area contributed by atoms with Crippen LogP contribution in [0.4, 0.5) is 30.7 Å². The molecule has 6 rings (SSSR count). The van der Waals surface area contributed by atoms with E-state index < -0.39 is 53.1 Å². The molecule has 0 saturated carbocycles. The zero-order valence-electron chi connectivity index (χ0n) is 30.4. The Morgan fingerprint density at radius 3 is 2.24 bits per heavy atom. The van der Waals surface area contributed by atoms with E-state index in [9.17, 15) is 40.3 Å². The molecular weight excluding hydrogens is 735 g/mol. The number of alkyl halides is 6. The van der Waals surface area contributed by atoms with Gasteiger partial charge in [0.2, 0.25) is 5.91 Å². The van der Waals surface area contributed by atoms with Gasteiger partial charge in [0.05, 0.1) is 23.8 Å². The van der Waals surface area contributed by atoms with Crippen LogP contribution in [0.5, 0.6) is 0 Å². The van der Waals surface area contributed by atoms with Crippen LogP contribution in [0.15, 0.2) is 66.7 Å². The third kappa shape index (κ3) is 8.84. The number of benzene rings is 3. The highest BCUT2D eigenvalue weighted by Gasteiger charge is 2.50. The van der Waals surface area contributed by atoms with Crippen molar-refractivity contribution in [3.8, 4) is 0 Å². The molecule has 3 aliphatic rings. The highest BCUT2D eigenvalue weighted by molar-refractivity contribution is 5.95. The van der Waals surface area contributed by atoms with E-state index in [1.54, 1.807) is 11.9 Å². The maximum absolute atomic E-state index is 14.0. The van der Waals surface area contributed by atoms with Gasteiger partial charge in [-0.3, -0.25) is 9.59 Å². The van der Waals surface area contributed by atoms with Gasteiger partial charge >= 0.3 is 12.4 Å². The summed E-state index contributed by atoms with van der Waals surface area (Å²) in [7, 11) is 1.72. The molecule has 2 heterocycles. The second-order valence-corrected chi connectivity index (χ2v) is 14.7. The molecule has 55 heavy (non-hydrogen) atoms. The smallest absolute Gasteiger partial charge is 0.396 e. The zero-order valence-corrected chi connectivity index (χ0v) is 30.4. The molecule has 3 aromatic rings. The van der Waals surface area contributed by atoms with Gasteiger partial charge in [0.1, 0.15) is 24.8 Å². The van der Waals surface area contributed by atoms with E-state index in [1.807, 2.05) is 12.1 Å². The molecule has 15 heteroatoms. The average Bonchev–Trinajstić information content (AvgIpc) is 3.73. The van der Waals surface area contributed by atoms with E-state index in [-0.39, 0.29) is 43.3 Å². The van der Waals surface area contributed by atoms with E-state index in [4.69, 9.17) is 14.6 Å². The van der Waals surface area contributed by atoms with Crippen molar-refractivity contribution in [2.45, 2.75) is 68.0 Å². The van der Waals surface area contributed by atoms with E-state index >= 15 is 0 Å². The number of nitrogens with zero attached hydrogens (tertiary/aromatic N) is 3. The number of halogens is 7. The third-order valence-corrected chi connectivity index (χ3v) is 11.3. The highest BCUT2D eigenvalue weighted by Crippen LogP contribution is 2.48. The molecule has 0 unspecified atom stereocenters. The highest BCUT2D eigenvalue weighted by atomic mass is 19.4. The Kier molecular flexibility index (Phi) is 12.0. The Morgan fingerprint density at radius 1 is 0.945 bits per heavy atom. The topological polar surface area (TPSA) is 82.5 Å². The number of ether oxygens (including phenoxy) is 2. The minimum atomic E-state index is -5.12. The van der Waals surface area contributed by atoms with Gasteiger partial charge in [0.15, 0.2) is 0 Å². The van der Waals surface area contributed by atoms with Crippen molar-refractivity contribution in [3.63, 3.8) is 0 Å². The van der Waals surface area contributed by atoms with Crippen LogP contribution < -0.4 is 0 Å². The van der Waals surface area contributed by atoms with Crippen LogP contribution in [-0.4, -0.2) is 97.4 Å². The molecule has 298 valence electrons. The van der Waals surface area contributed by atoms with Crippen molar-refractivity contribution in [1.82, 2.24) is 14.7 Å². The molecule has 2 fully saturated rings. The Morgan fingerprint density at radius 2 is 1.60 bits per heavy atom. The number of amides is 2. The molecule has 2 saturated heterocycles. The van der Waals surface area contributed by atoms with Gasteiger partial charge in [0, 0.05) is 37.7 Å². The van der Waals surface area contributed by atoms with Crippen LogP contribution in [0.3, 0.4) is 0 Å². The van der Waals surface area contributed by atoms with Gasteiger partial charge in [-0.15, -0.1) is 0 Å². The Bertz CT molecular complexity index is 1800. The Balaban J connectivity index is 1.16. The molecule has 8 nitrogen and oxygen atoms in total. The molecular formula is C40H44F7N3O5. The van der Waals surface area contributed by atoms with Crippen LogP contribution in [-0.2, 0) is 44.1 Å². The first kappa shape index (κ1) is 40.6. The van der Waals surface area contributed by atoms with Gasteiger partial charge in [-0.2, -0.15) is 26.3 Å². The van der Waals surface area contributed by atoms with Crippen molar-refractivity contribution >= 4 is 11.8 Å². The van der Waals surface area contributed by atoms with Crippen LogP contribution in [0, 0.1) is 5.82 Å². The lowest BCUT2D eigenvalue weighted by atomic mass is 9.72. The molecule has 0 radical (unpaired) electrons. The van der Waals surface area contributed by atoms with E-state index in [0.717, 1.165) is 17.7 Å². The Hall–Kier alpha value is -4.05. The molecule has 0 bridgehead atoms. The summed E-state index contributed by atoms with van der Waals surface area (Å²) in [6.45, 7) is 1.69. The van der Waals surface area contributed by atoms with Crippen molar-refractivity contribution in [1.29, 1.82) is 0 Å². The lowest BCUT2D eigenvalue weighted by Crippen LogP contribution is -2.50. The zero-order chi connectivity index (χ0) is 39.6. The predicted molar refractivity (Wildman–Crippen MR) is 187 cm³/mol. The minimum Gasteiger partial charge on any atom is -0.396 e. The lowest BCUT2D eigenvalue weighted by Gasteiger charge is -2.44. The number of likely N-dealkylation sites (N-methyl/N-ethyl adjacent to an activating group) is 1. The van der Waals surface area contributed by atoms with E-state index in [0.29, 0.717) is 69.6 Å². The van der Waals surface area contributed by atoms with Gasteiger partial charge in [-0.25, -0.2) is 4.39 Å². The third-order valence-electron chi connectivity index (χ3n) is 11.3. The number of aliphatic hydroxyl groups is 1. The average molecular weight is 780 g/mol. The van der Waals surface area contributed by atoms with Gasteiger partial charge < -0.3 is 29.3 Å². The number of unbranched alkanes of at least 4 members (excludes halogenated alkanes) is 1. The maximum atomic E-state index is 14.0. The van der Waals surface area contributed by atoms with Crippen molar-refractivity contribution in [2.24, 2.45) is 0 Å². The fraction of sp³-hybridized carbons (Fsp3) is 0.500. The predicted octanol–water partition coefficient (Wildman–Crippen LogP) is 6.78. The number of hydrogen-bond donors (Lipinski definition) is 1. The lowest BCUT2D eigenvalue weighted by molar-refractivity contribution is -0.143. The molecule has 1 N–H and O–H groups in total. The largest absolute Gasteiger partial charge is 0.416 e. The summed E-state index contributed by atoms with van der Waals surface area (Å²) in [5.41, 5.74) is -2.62. The number of likely N-dealkylation sites (tertiary alicyclic amines) is 1. The number of fused-ring (bicyclic) bond motifs is 2. The molecule has 3 aromatic carbocycles. The van der Waals surface area contributed by atoms with Crippen molar-refractivity contribution in [2.75, 3.05) is 59.7 Å². The molecule has 1 spiro atoms. The van der Waals surface area contributed by atoms with Gasteiger partial charge in [0.25, 0.3) is 5.91 Å². The number of aliphatic hydroxyl groups excluding tert-OH is 1. The Labute approximate surface area is 314 Å². The van der Waals surface area contributed by atoms with E-state index in [1.165, 1.54) is 35.4 Å². The second-order valence-electron chi connectivity index (χ2n) is 14.7. The molecule has 1 aliphatic carbocycles. The summed E-state index contributed by atoms with van der Waals surface area (Å²) in [6.07, 6.45) is -6.77. The normalized spacial score (nSPS) is 21.3. The minimum absolute atomic E-state index is 0.0257. The van der Waals surface area contributed by atoms with Crippen LogP contribution in [0.2, 0.25) is 0 Å². The first-order chi connectivity index (χ1) is 26.0. The number of piperidine rings is 1. The fourth-order valence-electron chi connectivity index (χ4n) is 8.16. The number of carbonyl (C=O) groups excluding carboxylic acids is 2. The summed E-state index contributed by atoms with van der Waals surface area (Å²) in [4.78, 5) is 31.4. The fourth-order valence-corrected chi connectivity index (χ4v) is 8.16. The second kappa shape index (κ2) is 16.2. The molecule has 2 amide bonds. The van der Waals surface area contributed by atoms with Gasteiger partial charge in [-0.1, -0.05) is 36.4 Å². The number of rotatable bonds is 12. The summed E-state index contributed by atoms with van der Waals surface area (Å²) < 4.78 is 108. The monoisotopic (exact) mass is 779 g/mol. The molecule has 0 aromatic heterocycles. The summed E-state index contributed by atoms with van der Waals surface area (Å²) in [6, 6.07) is 14.4. The summed E-state index contributed by atoms with van der Waals surface area (Å²) in [5.74, 6) is -1.70. The van der Waals surface area contributed by atoms with Gasteiger partial charge in [-0.05, 0) is 98.6 Å². The first-order valence-electron chi connectivity index (χ1n) is 18.3. The molecule has 2 atom stereocenters. The SMILES string of the molecule is CN(CCCCO)C(=O)CO[C@H]1Cc2ccccc2C12CCN(CC[C@@]1(c3ccc(F)cc3)CN(C(=O)c3cc(C(F)(F)F)cc(C(F)(F)F)c3)CO1)CC2. The van der Waals surface area contributed by atoms with Crippen LogP contribution >= 0.6 is 0 Å². The number of hydrogen-bond acceptors (Lipinski definition) is 6. The number of carbonyl (C=O) groups is 2. The van der Waals surface area contributed by atoms with Crippen LogP contribution in [0.25, 0.3) is 0 Å². The van der Waals surface area contributed by atoms with E-state index in [2.05, 4.69) is 17.0 Å². The quantitative estimate of drug-likeness (QED) is 0.161.